The Morgan fingerprint density at radius 2 is 2.32 bits per heavy atom. The highest BCUT2D eigenvalue weighted by Gasteiger charge is 2.30. The first-order valence-corrected chi connectivity index (χ1v) is 7.67. The summed E-state index contributed by atoms with van der Waals surface area (Å²) in [5.74, 6) is 1.79. The molecule has 1 aromatic rings. The Hall–Kier alpha value is -1.05. The first-order chi connectivity index (χ1) is 10.1. The van der Waals surface area contributed by atoms with E-state index >= 15 is 0 Å². The molecular weight excluding hydrogens is 391 g/mol. The fourth-order valence-corrected chi connectivity index (χ4v) is 2.47. The van der Waals surface area contributed by atoms with Gasteiger partial charge in [0.25, 0.3) is 0 Å². The smallest absolute Gasteiger partial charge is 0.194 e. The lowest BCUT2D eigenvalue weighted by molar-refractivity contribution is 0.325. The fourth-order valence-electron chi connectivity index (χ4n) is 2.47. The molecule has 1 aromatic heterocycles. The Labute approximate surface area is 150 Å². The van der Waals surface area contributed by atoms with Gasteiger partial charge < -0.3 is 15.0 Å². The van der Waals surface area contributed by atoms with E-state index in [2.05, 4.69) is 41.0 Å². The van der Waals surface area contributed by atoms with Gasteiger partial charge in [-0.05, 0) is 30.9 Å². The molecule has 0 atom stereocenters. The Morgan fingerprint density at radius 1 is 1.50 bits per heavy atom. The van der Waals surface area contributed by atoms with Crippen molar-refractivity contribution in [1.82, 2.24) is 15.2 Å². The molecule has 0 unspecified atom stereocenters. The van der Waals surface area contributed by atoms with E-state index in [1.165, 1.54) is 6.42 Å². The summed E-state index contributed by atoms with van der Waals surface area (Å²) in [5, 5.41) is 3.37. The van der Waals surface area contributed by atoms with E-state index in [0.29, 0.717) is 18.6 Å². The molecule has 2 heterocycles. The van der Waals surface area contributed by atoms with Crippen LogP contribution in [0, 0.1) is 5.41 Å². The number of aliphatic imine (C=N–C) groups is 1. The van der Waals surface area contributed by atoms with Crippen LogP contribution in [0.2, 0.25) is 0 Å². The third kappa shape index (κ3) is 5.98. The number of aromatic nitrogens is 1. The van der Waals surface area contributed by atoms with E-state index in [1.807, 2.05) is 12.1 Å². The molecule has 0 spiro atoms. The molecule has 0 amide bonds. The van der Waals surface area contributed by atoms with Crippen LogP contribution < -0.4 is 10.1 Å². The minimum atomic E-state index is 0. The summed E-state index contributed by atoms with van der Waals surface area (Å²) in [6.07, 6.45) is 4.67. The average molecular weight is 418 g/mol. The van der Waals surface area contributed by atoms with Crippen molar-refractivity contribution < 1.29 is 4.74 Å². The lowest BCUT2D eigenvalue weighted by Gasteiger charge is -2.23. The minimum absolute atomic E-state index is 0. The van der Waals surface area contributed by atoms with Crippen LogP contribution in [0.5, 0.6) is 5.75 Å². The molecule has 0 radical (unpaired) electrons. The Morgan fingerprint density at radius 3 is 2.91 bits per heavy atom. The van der Waals surface area contributed by atoms with Crippen LogP contribution >= 0.6 is 24.0 Å². The summed E-state index contributed by atoms with van der Waals surface area (Å²) in [6, 6.07) is 3.78. The second kappa shape index (κ2) is 9.17. The third-order valence-electron chi connectivity index (χ3n) is 3.57. The molecule has 1 fully saturated rings. The van der Waals surface area contributed by atoms with Crippen LogP contribution in [0.15, 0.2) is 29.5 Å². The van der Waals surface area contributed by atoms with Crippen molar-refractivity contribution in [2.45, 2.75) is 27.2 Å². The van der Waals surface area contributed by atoms with Gasteiger partial charge in [0.15, 0.2) is 5.96 Å². The number of hydrogen-bond acceptors (Lipinski definition) is 3. The van der Waals surface area contributed by atoms with Gasteiger partial charge >= 0.3 is 0 Å². The van der Waals surface area contributed by atoms with Gasteiger partial charge in [0, 0.05) is 25.8 Å². The van der Waals surface area contributed by atoms with Crippen molar-refractivity contribution in [1.29, 1.82) is 0 Å². The topological polar surface area (TPSA) is 49.8 Å². The number of hydrogen-bond donors (Lipinski definition) is 1. The molecule has 1 N–H and O–H groups in total. The molecule has 1 saturated heterocycles. The predicted molar refractivity (Wildman–Crippen MR) is 101 cm³/mol. The monoisotopic (exact) mass is 418 g/mol. The average Bonchev–Trinajstić information content (AvgIpc) is 2.83. The minimum Gasteiger partial charge on any atom is -0.490 e. The Bertz CT molecular complexity index is 464. The van der Waals surface area contributed by atoms with Crippen molar-refractivity contribution in [3.63, 3.8) is 0 Å². The number of nitrogens with zero attached hydrogens (tertiary/aromatic N) is 3. The standard InChI is InChI=1S/C16H26N4O.HI/c1-4-18-15(20-10-7-16(2,3)13-20)19-9-11-21-14-6-5-8-17-12-14;/h5-6,8,12H,4,7,9-11,13H2,1-3H3,(H,18,19);1H. The van der Waals surface area contributed by atoms with Crippen LogP contribution in [0.3, 0.4) is 0 Å². The normalized spacial score (nSPS) is 17.0. The summed E-state index contributed by atoms with van der Waals surface area (Å²) >= 11 is 0. The van der Waals surface area contributed by atoms with E-state index in [0.717, 1.165) is 31.3 Å². The first-order valence-electron chi connectivity index (χ1n) is 7.67. The summed E-state index contributed by atoms with van der Waals surface area (Å²) < 4.78 is 5.62. The number of halogens is 1. The van der Waals surface area contributed by atoms with E-state index in [9.17, 15) is 0 Å². The molecule has 1 aliphatic rings. The maximum Gasteiger partial charge on any atom is 0.194 e. The Kier molecular flexibility index (Phi) is 7.92. The molecule has 0 saturated carbocycles. The quantitative estimate of drug-likeness (QED) is 0.346. The fraction of sp³-hybridized carbons (Fsp3) is 0.625. The highest BCUT2D eigenvalue weighted by molar-refractivity contribution is 14.0. The van der Waals surface area contributed by atoms with E-state index in [4.69, 9.17) is 4.74 Å². The van der Waals surface area contributed by atoms with Crippen LogP contribution in [0.4, 0.5) is 0 Å². The van der Waals surface area contributed by atoms with Crippen molar-refractivity contribution in [2.24, 2.45) is 10.4 Å². The molecule has 1 aliphatic heterocycles. The second-order valence-corrected chi connectivity index (χ2v) is 6.11. The van der Waals surface area contributed by atoms with Gasteiger partial charge in [-0.3, -0.25) is 4.98 Å². The zero-order valence-electron chi connectivity index (χ0n) is 13.7. The van der Waals surface area contributed by atoms with Gasteiger partial charge in [-0.15, -0.1) is 24.0 Å². The van der Waals surface area contributed by atoms with Crippen molar-refractivity contribution >= 4 is 29.9 Å². The number of guanidine groups is 1. The van der Waals surface area contributed by atoms with E-state index < -0.39 is 0 Å². The van der Waals surface area contributed by atoms with Gasteiger partial charge in [-0.25, -0.2) is 4.99 Å². The van der Waals surface area contributed by atoms with E-state index in [1.54, 1.807) is 12.4 Å². The molecule has 22 heavy (non-hydrogen) atoms. The summed E-state index contributed by atoms with van der Waals surface area (Å²) in [4.78, 5) is 11.0. The van der Waals surface area contributed by atoms with Crippen LogP contribution in [-0.4, -0.2) is 48.6 Å². The molecule has 0 aliphatic carbocycles. The zero-order valence-corrected chi connectivity index (χ0v) is 16.0. The lowest BCUT2D eigenvalue weighted by Crippen LogP contribution is -2.41. The summed E-state index contributed by atoms with van der Waals surface area (Å²) in [7, 11) is 0. The second-order valence-electron chi connectivity index (χ2n) is 6.11. The number of rotatable bonds is 5. The van der Waals surface area contributed by atoms with Gasteiger partial charge in [0.1, 0.15) is 12.4 Å². The summed E-state index contributed by atoms with van der Waals surface area (Å²) in [5.41, 5.74) is 0.377. The molecule has 2 rings (SSSR count). The number of nitrogens with one attached hydrogen (secondary N) is 1. The molecule has 5 nitrogen and oxygen atoms in total. The maximum atomic E-state index is 5.62. The van der Waals surface area contributed by atoms with E-state index in [-0.39, 0.29) is 24.0 Å². The van der Waals surface area contributed by atoms with Crippen molar-refractivity contribution in [3.8, 4) is 5.75 Å². The number of likely N-dealkylation sites (tertiary alicyclic amines) is 1. The van der Waals surface area contributed by atoms with Gasteiger partial charge in [0.05, 0.1) is 12.7 Å². The molecule has 0 bridgehead atoms. The van der Waals surface area contributed by atoms with Crippen LogP contribution in [0.1, 0.15) is 27.2 Å². The largest absolute Gasteiger partial charge is 0.490 e. The first kappa shape index (κ1) is 19.0. The highest BCUT2D eigenvalue weighted by atomic mass is 127. The van der Waals surface area contributed by atoms with Gasteiger partial charge in [0.2, 0.25) is 0 Å². The highest BCUT2D eigenvalue weighted by Crippen LogP contribution is 2.28. The Balaban J connectivity index is 0.00000242. The van der Waals surface area contributed by atoms with Crippen LogP contribution in [0.25, 0.3) is 0 Å². The molecule has 6 heteroatoms. The van der Waals surface area contributed by atoms with Crippen molar-refractivity contribution in [2.75, 3.05) is 32.8 Å². The molecular formula is C16H27IN4O. The van der Waals surface area contributed by atoms with Gasteiger partial charge in [-0.2, -0.15) is 0 Å². The lowest BCUT2D eigenvalue weighted by atomic mass is 9.93. The molecule has 124 valence electrons. The predicted octanol–water partition coefficient (Wildman–Crippen LogP) is 2.78. The van der Waals surface area contributed by atoms with Crippen molar-refractivity contribution in [3.05, 3.63) is 24.5 Å². The molecule has 0 aromatic carbocycles. The maximum absolute atomic E-state index is 5.62. The number of ether oxygens (including phenoxy) is 1. The zero-order chi connectivity index (χ0) is 15.1. The SMILES string of the molecule is CCNC(=NCCOc1cccnc1)N1CCC(C)(C)C1.I. The van der Waals surface area contributed by atoms with Crippen LogP contribution in [-0.2, 0) is 0 Å². The van der Waals surface area contributed by atoms with Gasteiger partial charge in [-0.1, -0.05) is 13.8 Å². The third-order valence-corrected chi connectivity index (χ3v) is 3.57. The summed E-state index contributed by atoms with van der Waals surface area (Å²) in [6.45, 7) is 10.9. The number of pyridine rings is 1.